The van der Waals surface area contributed by atoms with Gasteiger partial charge in [-0.1, -0.05) is 0 Å². The van der Waals surface area contributed by atoms with Crippen molar-refractivity contribution in [2.45, 2.75) is 45.0 Å². The van der Waals surface area contributed by atoms with E-state index in [1.54, 1.807) is 11.6 Å². The standard InChI is InChI=1S/C13H21F3N2O4S/c1-12(2,3)22-11(21)18-8(7-13(14,15)16)9(19)10(20)17-5-6-23-4/h8H,5-7H2,1-4H3,(H,17,20)(H,18,21). The number of halogens is 3. The SMILES string of the molecule is CSCCNC(=O)C(=O)C(CC(F)(F)F)NC(=O)OC(C)(C)C. The van der Waals surface area contributed by atoms with Crippen LogP contribution in [0.15, 0.2) is 0 Å². The number of hydrogen-bond donors (Lipinski definition) is 2. The first kappa shape index (κ1) is 21.6. The lowest BCUT2D eigenvalue weighted by Crippen LogP contribution is -2.50. The number of nitrogens with one attached hydrogen (secondary N) is 2. The Morgan fingerprint density at radius 3 is 2.17 bits per heavy atom. The van der Waals surface area contributed by atoms with Crippen LogP contribution >= 0.6 is 11.8 Å². The molecule has 0 rings (SSSR count). The molecule has 0 spiro atoms. The van der Waals surface area contributed by atoms with Crippen molar-refractivity contribution in [2.24, 2.45) is 0 Å². The van der Waals surface area contributed by atoms with Crippen LogP contribution < -0.4 is 10.6 Å². The van der Waals surface area contributed by atoms with Crippen LogP contribution in [-0.4, -0.2) is 54.2 Å². The largest absolute Gasteiger partial charge is 0.444 e. The maximum atomic E-state index is 12.5. The molecular formula is C13H21F3N2O4S. The van der Waals surface area contributed by atoms with Crippen molar-refractivity contribution in [3.05, 3.63) is 0 Å². The number of amides is 2. The van der Waals surface area contributed by atoms with Crippen molar-refractivity contribution in [3.63, 3.8) is 0 Å². The predicted octanol–water partition coefficient (Wildman–Crippen LogP) is 1.88. The van der Waals surface area contributed by atoms with Crippen LogP contribution in [0.3, 0.4) is 0 Å². The van der Waals surface area contributed by atoms with Crippen molar-refractivity contribution in [2.75, 3.05) is 18.6 Å². The van der Waals surface area contributed by atoms with Crippen LogP contribution in [0.25, 0.3) is 0 Å². The lowest BCUT2D eigenvalue weighted by molar-refractivity contribution is -0.152. The molecule has 0 heterocycles. The Bertz CT molecular complexity index is 436. The molecule has 0 aliphatic heterocycles. The Balaban J connectivity index is 4.89. The summed E-state index contributed by atoms with van der Waals surface area (Å²) >= 11 is 1.39. The smallest absolute Gasteiger partial charge is 0.408 e. The van der Waals surface area contributed by atoms with Crippen LogP contribution in [0.2, 0.25) is 0 Å². The van der Waals surface area contributed by atoms with Gasteiger partial charge in [-0.15, -0.1) is 0 Å². The summed E-state index contributed by atoms with van der Waals surface area (Å²) in [5.74, 6) is -2.04. The fourth-order valence-electron chi connectivity index (χ4n) is 1.40. The van der Waals surface area contributed by atoms with Gasteiger partial charge in [0.1, 0.15) is 11.6 Å². The van der Waals surface area contributed by atoms with Crippen molar-refractivity contribution in [1.29, 1.82) is 0 Å². The highest BCUT2D eigenvalue weighted by Gasteiger charge is 2.39. The molecule has 2 amide bonds. The molecule has 0 bridgehead atoms. The normalized spacial score (nSPS) is 13.2. The van der Waals surface area contributed by atoms with E-state index < -0.39 is 42.0 Å². The molecule has 2 N–H and O–H groups in total. The first-order valence-corrected chi connectivity index (χ1v) is 8.12. The highest BCUT2D eigenvalue weighted by molar-refractivity contribution is 7.98. The van der Waals surface area contributed by atoms with E-state index in [2.05, 4.69) is 5.32 Å². The minimum absolute atomic E-state index is 0.136. The number of carbonyl (C=O) groups is 3. The number of hydrogen-bond acceptors (Lipinski definition) is 5. The van der Waals surface area contributed by atoms with E-state index >= 15 is 0 Å². The van der Waals surface area contributed by atoms with E-state index in [0.717, 1.165) is 0 Å². The van der Waals surface area contributed by atoms with E-state index in [0.29, 0.717) is 5.75 Å². The van der Waals surface area contributed by atoms with Crippen molar-refractivity contribution in [3.8, 4) is 0 Å². The predicted molar refractivity (Wildman–Crippen MR) is 80.2 cm³/mol. The van der Waals surface area contributed by atoms with E-state index in [9.17, 15) is 27.6 Å². The molecule has 6 nitrogen and oxygen atoms in total. The van der Waals surface area contributed by atoms with Gasteiger partial charge < -0.3 is 15.4 Å². The third kappa shape index (κ3) is 10.8. The molecule has 0 saturated heterocycles. The molecule has 23 heavy (non-hydrogen) atoms. The Hall–Kier alpha value is -1.45. The highest BCUT2D eigenvalue weighted by atomic mass is 32.2. The molecule has 10 heteroatoms. The average molecular weight is 358 g/mol. The van der Waals surface area contributed by atoms with Crippen LogP contribution in [0.5, 0.6) is 0 Å². The van der Waals surface area contributed by atoms with Crippen LogP contribution in [-0.2, 0) is 14.3 Å². The number of carbonyl (C=O) groups excluding carboxylic acids is 3. The van der Waals surface area contributed by atoms with Crippen molar-refractivity contribution < 1.29 is 32.3 Å². The summed E-state index contributed by atoms with van der Waals surface area (Å²) < 4.78 is 42.4. The van der Waals surface area contributed by atoms with Gasteiger partial charge in [-0.3, -0.25) is 9.59 Å². The Kier molecular flexibility index (Phi) is 8.43. The van der Waals surface area contributed by atoms with Gasteiger partial charge in [0.2, 0.25) is 5.78 Å². The van der Waals surface area contributed by atoms with Crippen molar-refractivity contribution in [1.82, 2.24) is 10.6 Å². The summed E-state index contributed by atoms with van der Waals surface area (Å²) in [7, 11) is 0. The second-order valence-corrected chi connectivity index (χ2v) is 6.62. The van der Waals surface area contributed by atoms with Gasteiger partial charge in [0, 0.05) is 12.3 Å². The first-order chi connectivity index (χ1) is 10.4. The van der Waals surface area contributed by atoms with Gasteiger partial charge in [-0.25, -0.2) is 4.79 Å². The van der Waals surface area contributed by atoms with E-state index in [-0.39, 0.29) is 6.54 Å². The zero-order valence-electron chi connectivity index (χ0n) is 13.4. The number of alkyl halides is 3. The van der Waals surface area contributed by atoms with Gasteiger partial charge in [0.05, 0.1) is 6.42 Å². The first-order valence-electron chi connectivity index (χ1n) is 6.73. The molecule has 1 unspecified atom stereocenters. The molecule has 0 saturated carbocycles. The highest BCUT2D eigenvalue weighted by Crippen LogP contribution is 2.22. The Morgan fingerprint density at radius 1 is 1.17 bits per heavy atom. The second kappa shape index (κ2) is 8.99. The number of ketones is 1. The van der Waals surface area contributed by atoms with Crippen LogP contribution in [0, 0.1) is 0 Å². The average Bonchev–Trinajstić information content (AvgIpc) is 2.33. The minimum Gasteiger partial charge on any atom is -0.444 e. The fraction of sp³-hybridized carbons (Fsp3) is 0.769. The quantitative estimate of drug-likeness (QED) is 0.536. The van der Waals surface area contributed by atoms with Crippen LogP contribution in [0.1, 0.15) is 27.2 Å². The number of Topliss-reactive ketones (excluding diaryl/α,β-unsaturated/α-hetero) is 1. The van der Waals surface area contributed by atoms with Crippen molar-refractivity contribution >= 4 is 29.5 Å². The minimum atomic E-state index is -4.73. The number of thioether (sulfide) groups is 1. The molecule has 1 atom stereocenters. The van der Waals surface area contributed by atoms with Gasteiger partial charge in [0.25, 0.3) is 5.91 Å². The number of alkyl carbamates (subject to hydrolysis) is 1. The molecule has 0 aromatic rings. The Morgan fingerprint density at radius 2 is 1.74 bits per heavy atom. The number of ether oxygens (including phenoxy) is 1. The zero-order valence-corrected chi connectivity index (χ0v) is 14.2. The molecule has 0 fully saturated rings. The molecule has 0 aliphatic rings. The Labute approximate surface area is 136 Å². The molecule has 134 valence electrons. The third-order valence-corrected chi connectivity index (χ3v) is 2.87. The van der Waals surface area contributed by atoms with Gasteiger partial charge in [-0.2, -0.15) is 24.9 Å². The topological polar surface area (TPSA) is 84.5 Å². The molecule has 0 radical (unpaired) electrons. The summed E-state index contributed by atoms with van der Waals surface area (Å²) in [5.41, 5.74) is -0.948. The van der Waals surface area contributed by atoms with E-state index in [4.69, 9.17) is 4.74 Å². The number of rotatable bonds is 7. The van der Waals surface area contributed by atoms with Gasteiger partial charge in [-0.05, 0) is 27.0 Å². The maximum Gasteiger partial charge on any atom is 0.408 e. The fourth-order valence-corrected chi connectivity index (χ4v) is 1.71. The molecular weight excluding hydrogens is 337 g/mol. The summed E-state index contributed by atoms with van der Waals surface area (Å²) in [4.78, 5) is 35.0. The molecule has 0 aromatic heterocycles. The van der Waals surface area contributed by atoms with E-state index in [1.165, 1.54) is 32.5 Å². The summed E-state index contributed by atoms with van der Waals surface area (Å²) in [5, 5.41) is 4.01. The van der Waals surface area contributed by atoms with Crippen LogP contribution in [0.4, 0.5) is 18.0 Å². The monoisotopic (exact) mass is 358 g/mol. The summed E-state index contributed by atoms with van der Waals surface area (Å²) in [6.45, 7) is 4.68. The second-order valence-electron chi connectivity index (χ2n) is 5.63. The molecule has 0 aromatic carbocycles. The third-order valence-electron chi connectivity index (χ3n) is 2.26. The van der Waals surface area contributed by atoms with E-state index in [1.807, 2.05) is 0 Å². The summed E-state index contributed by atoms with van der Waals surface area (Å²) in [6, 6.07) is -2.03. The summed E-state index contributed by atoms with van der Waals surface area (Å²) in [6.07, 6.45) is -5.81. The lowest BCUT2D eigenvalue weighted by atomic mass is 10.1. The maximum absolute atomic E-state index is 12.5. The lowest BCUT2D eigenvalue weighted by Gasteiger charge is -2.23. The van der Waals surface area contributed by atoms with Gasteiger partial charge in [0.15, 0.2) is 0 Å². The zero-order chi connectivity index (χ0) is 18.3. The van der Waals surface area contributed by atoms with Gasteiger partial charge >= 0.3 is 12.3 Å². The molecule has 0 aliphatic carbocycles.